The van der Waals surface area contributed by atoms with E-state index in [4.69, 9.17) is 0 Å². The second kappa shape index (κ2) is 6.21. The Morgan fingerprint density at radius 1 is 1.21 bits per heavy atom. The van der Waals surface area contributed by atoms with Crippen LogP contribution in [0.1, 0.15) is 16.3 Å². The standard InChI is InChI=1S/C14H16F2N2S/c1-9-8-19-14(18-9)7-13(17-2)5-10-3-11(15)6-12(16)4-10/h3-4,6,8,13,17H,5,7H2,1-2H3. The van der Waals surface area contributed by atoms with E-state index in [1.807, 2.05) is 19.4 Å². The molecule has 0 aliphatic heterocycles. The predicted molar refractivity (Wildman–Crippen MR) is 73.5 cm³/mol. The van der Waals surface area contributed by atoms with Gasteiger partial charge in [-0.2, -0.15) is 0 Å². The van der Waals surface area contributed by atoms with Crippen LogP contribution in [0.25, 0.3) is 0 Å². The lowest BCUT2D eigenvalue weighted by molar-refractivity contribution is 0.542. The second-order valence-electron chi connectivity index (χ2n) is 4.55. The summed E-state index contributed by atoms with van der Waals surface area (Å²) in [6.07, 6.45) is 1.33. The monoisotopic (exact) mass is 282 g/mol. The molecule has 0 bridgehead atoms. The summed E-state index contributed by atoms with van der Waals surface area (Å²) in [5.41, 5.74) is 1.66. The zero-order valence-electron chi connectivity index (χ0n) is 10.9. The second-order valence-corrected chi connectivity index (χ2v) is 5.50. The van der Waals surface area contributed by atoms with Crippen molar-refractivity contribution in [1.29, 1.82) is 0 Å². The van der Waals surface area contributed by atoms with Gasteiger partial charge < -0.3 is 5.32 Å². The fourth-order valence-electron chi connectivity index (χ4n) is 2.00. The minimum atomic E-state index is -0.532. The summed E-state index contributed by atoms with van der Waals surface area (Å²) in [5.74, 6) is -1.06. The fraction of sp³-hybridized carbons (Fsp3) is 0.357. The molecule has 1 aromatic carbocycles. The summed E-state index contributed by atoms with van der Waals surface area (Å²) < 4.78 is 26.3. The highest BCUT2D eigenvalue weighted by atomic mass is 32.1. The number of hydrogen-bond acceptors (Lipinski definition) is 3. The number of benzene rings is 1. The average molecular weight is 282 g/mol. The maximum absolute atomic E-state index is 13.1. The Balaban J connectivity index is 2.06. The molecule has 0 saturated carbocycles. The molecule has 102 valence electrons. The van der Waals surface area contributed by atoms with Crippen LogP contribution < -0.4 is 5.32 Å². The molecule has 1 N–H and O–H groups in total. The smallest absolute Gasteiger partial charge is 0.126 e. The Morgan fingerprint density at radius 2 is 1.89 bits per heavy atom. The van der Waals surface area contributed by atoms with E-state index < -0.39 is 11.6 Å². The van der Waals surface area contributed by atoms with Crippen LogP contribution in [0.3, 0.4) is 0 Å². The van der Waals surface area contributed by atoms with Crippen molar-refractivity contribution in [3.05, 3.63) is 51.5 Å². The third-order valence-corrected chi connectivity index (χ3v) is 3.89. The van der Waals surface area contributed by atoms with Gasteiger partial charge in [0, 0.05) is 29.6 Å². The van der Waals surface area contributed by atoms with Gasteiger partial charge in [-0.3, -0.25) is 0 Å². The van der Waals surface area contributed by atoms with Crippen LogP contribution in [0.4, 0.5) is 8.78 Å². The molecule has 5 heteroatoms. The fourth-order valence-corrected chi connectivity index (χ4v) is 2.85. The molecular formula is C14H16F2N2S. The highest BCUT2D eigenvalue weighted by Crippen LogP contribution is 2.15. The van der Waals surface area contributed by atoms with Crippen molar-refractivity contribution in [3.8, 4) is 0 Å². The third kappa shape index (κ3) is 4.08. The number of aromatic nitrogens is 1. The van der Waals surface area contributed by atoms with Gasteiger partial charge in [0.2, 0.25) is 0 Å². The molecule has 1 unspecified atom stereocenters. The number of halogens is 2. The van der Waals surface area contributed by atoms with E-state index in [0.717, 1.165) is 23.2 Å². The first kappa shape index (κ1) is 14.1. The maximum atomic E-state index is 13.1. The molecule has 19 heavy (non-hydrogen) atoms. The molecule has 2 nitrogen and oxygen atoms in total. The van der Waals surface area contributed by atoms with Crippen molar-refractivity contribution in [1.82, 2.24) is 10.3 Å². The van der Waals surface area contributed by atoms with Gasteiger partial charge in [-0.1, -0.05) is 0 Å². The van der Waals surface area contributed by atoms with Crippen molar-refractivity contribution in [3.63, 3.8) is 0 Å². The van der Waals surface area contributed by atoms with Gasteiger partial charge in [0.15, 0.2) is 0 Å². The molecule has 2 aromatic rings. The number of likely N-dealkylation sites (N-methyl/N-ethyl adjacent to an activating group) is 1. The van der Waals surface area contributed by atoms with Crippen molar-refractivity contribution >= 4 is 11.3 Å². The molecule has 0 amide bonds. The zero-order valence-corrected chi connectivity index (χ0v) is 11.7. The molecule has 0 aliphatic rings. The molecular weight excluding hydrogens is 266 g/mol. The van der Waals surface area contributed by atoms with E-state index in [9.17, 15) is 8.78 Å². The van der Waals surface area contributed by atoms with E-state index in [2.05, 4.69) is 10.3 Å². The number of rotatable bonds is 5. The molecule has 0 aliphatic carbocycles. The number of nitrogens with zero attached hydrogens (tertiary/aromatic N) is 1. The van der Waals surface area contributed by atoms with Crippen LogP contribution in [-0.4, -0.2) is 18.1 Å². The normalized spacial score (nSPS) is 12.6. The zero-order chi connectivity index (χ0) is 13.8. The van der Waals surface area contributed by atoms with Gasteiger partial charge in [0.05, 0.1) is 5.01 Å². The van der Waals surface area contributed by atoms with Crippen molar-refractivity contribution < 1.29 is 8.78 Å². The Bertz CT molecular complexity index is 534. The van der Waals surface area contributed by atoms with Crippen molar-refractivity contribution in [2.75, 3.05) is 7.05 Å². The van der Waals surface area contributed by atoms with Crippen LogP contribution in [-0.2, 0) is 12.8 Å². The molecule has 1 atom stereocenters. The summed E-state index contributed by atoms with van der Waals surface area (Å²) in [6.45, 7) is 1.95. The largest absolute Gasteiger partial charge is 0.316 e. The first-order chi connectivity index (χ1) is 9.06. The number of thiazole rings is 1. The third-order valence-electron chi connectivity index (χ3n) is 2.90. The molecule has 1 heterocycles. The number of nitrogens with one attached hydrogen (secondary N) is 1. The first-order valence-corrected chi connectivity index (χ1v) is 6.98. The van der Waals surface area contributed by atoms with Crippen LogP contribution in [0, 0.1) is 18.6 Å². The van der Waals surface area contributed by atoms with Gasteiger partial charge >= 0.3 is 0 Å². The minimum Gasteiger partial charge on any atom is -0.316 e. The highest BCUT2D eigenvalue weighted by Gasteiger charge is 2.12. The van der Waals surface area contributed by atoms with Crippen LogP contribution >= 0.6 is 11.3 Å². The first-order valence-electron chi connectivity index (χ1n) is 6.10. The molecule has 0 saturated heterocycles. The number of aryl methyl sites for hydroxylation is 1. The quantitative estimate of drug-likeness (QED) is 0.911. The summed E-state index contributed by atoms with van der Waals surface area (Å²) in [5, 5.41) is 6.21. The Kier molecular flexibility index (Phi) is 4.61. The van der Waals surface area contributed by atoms with Crippen molar-refractivity contribution in [2.45, 2.75) is 25.8 Å². The summed E-state index contributed by atoms with van der Waals surface area (Å²) in [6, 6.07) is 3.76. The average Bonchev–Trinajstić information content (AvgIpc) is 2.72. The Hall–Kier alpha value is -1.33. The minimum absolute atomic E-state index is 0.117. The molecule has 0 radical (unpaired) electrons. The topological polar surface area (TPSA) is 24.9 Å². The summed E-state index contributed by atoms with van der Waals surface area (Å²) in [7, 11) is 1.85. The number of hydrogen-bond donors (Lipinski definition) is 1. The lowest BCUT2D eigenvalue weighted by atomic mass is 10.0. The van der Waals surface area contributed by atoms with Gasteiger partial charge in [-0.15, -0.1) is 11.3 Å². The van der Waals surface area contributed by atoms with E-state index >= 15 is 0 Å². The van der Waals surface area contributed by atoms with Crippen LogP contribution in [0.5, 0.6) is 0 Å². The molecule has 1 aromatic heterocycles. The summed E-state index contributed by atoms with van der Waals surface area (Å²) >= 11 is 1.61. The molecule has 2 rings (SSSR count). The predicted octanol–water partition coefficient (Wildman–Crippen LogP) is 3.10. The van der Waals surface area contributed by atoms with Crippen molar-refractivity contribution in [2.24, 2.45) is 0 Å². The Labute approximate surface area is 115 Å². The SMILES string of the molecule is CNC(Cc1cc(F)cc(F)c1)Cc1nc(C)cs1. The molecule has 0 fully saturated rings. The van der Waals surface area contributed by atoms with Crippen LogP contribution in [0.15, 0.2) is 23.6 Å². The maximum Gasteiger partial charge on any atom is 0.126 e. The van der Waals surface area contributed by atoms with Gasteiger partial charge in [-0.25, -0.2) is 13.8 Å². The lowest BCUT2D eigenvalue weighted by Gasteiger charge is -2.15. The Morgan fingerprint density at radius 3 is 2.42 bits per heavy atom. The van der Waals surface area contributed by atoms with E-state index in [1.54, 1.807) is 11.3 Å². The molecule has 0 spiro atoms. The van der Waals surface area contributed by atoms with Gasteiger partial charge in [0.25, 0.3) is 0 Å². The van der Waals surface area contributed by atoms with Crippen LogP contribution in [0.2, 0.25) is 0 Å². The van der Waals surface area contributed by atoms with Gasteiger partial charge in [-0.05, 0) is 38.1 Å². The van der Waals surface area contributed by atoms with Gasteiger partial charge in [0.1, 0.15) is 11.6 Å². The lowest BCUT2D eigenvalue weighted by Crippen LogP contribution is -2.30. The summed E-state index contributed by atoms with van der Waals surface area (Å²) in [4.78, 5) is 4.41. The van der Waals surface area contributed by atoms with E-state index in [1.165, 1.54) is 12.1 Å². The van der Waals surface area contributed by atoms with E-state index in [0.29, 0.717) is 12.0 Å². The highest BCUT2D eigenvalue weighted by molar-refractivity contribution is 7.09. The van der Waals surface area contributed by atoms with E-state index in [-0.39, 0.29) is 6.04 Å².